The second-order valence-electron chi connectivity index (χ2n) is 1.77. The van der Waals surface area contributed by atoms with Crippen molar-refractivity contribution in [2.24, 2.45) is 0 Å². The van der Waals surface area contributed by atoms with Crippen molar-refractivity contribution in [1.82, 2.24) is 0 Å². The summed E-state index contributed by atoms with van der Waals surface area (Å²) in [6.45, 7) is 5.54. The van der Waals surface area contributed by atoms with Crippen LogP contribution >= 0.6 is 0 Å². The van der Waals surface area contributed by atoms with Crippen molar-refractivity contribution in [3.05, 3.63) is 43.2 Å². The van der Waals surface area contributed by atoms with Gasteiger partial charge in [-0.1, -0.05) is 19.1 Å². The summed E-state index contributed by atoms with van der Waals surface area (Å²) in [5, 5.41) is 0. The third kappa shape index (κ3) is 6.89. The third-order valence-electron chi connectivity index (χ3n) is 0.896. The van der Waals surface area contributed by atoms with Gasteiger partial charge in [-0.2, -0.15) is 0 Å². The molecule has 0 aliphatic rings. The van der Waals surface area contributed by atoms with Gasteiger partial charge in [-0.3, -0.25) is 0 Å². The molecule has 1 heterocycles. The number of aromatic nitrogens is 1. The molecule has 0 amide bonds. The fourth-order valence-electron chi connectivity index (χ4n) is 0.342. The van der Waals surface area contributed by atoms with Crippen LogP contribution in [0.25, 0.3) is 0 Å². The Kier molecular flexibility index (Phi) is 7.01. The van der Waals surface area contributed by atoms with Gasteiger partial charge in [0.2, 0.25) is 0 Å². The topological polar surface area (TPSA) is 14.1 Å². The highest BCUT2D eigenvalue weighted by molar-refractivity contribution is 4.82. The van der Waals surface area contributed by atoms with Crippen LogP contribution in [-0.4, -0.2) is 0 Å². The van der Waals surface area contributed by atoms with Crippen molar-refractivity contribution in [3.63, 3.8) is 0 Å². The Morgan fingerprint density at radius 2 is 1.80 bits per heavy atom. The lowest BCUT2D eigenvalue weighted by atomic mass is 10.5. The van der Waals surface area contributed by atoms with Gasteiger partial charge in [-0.15, -0.1) is 6.58 Å². The first-order valence-electron chi connectivity index (χ1n) is 3.43. The number of H-pyrrole nitrogens is 1. The largest absolute Gasteiger partial charge is 0.218 e. The Bertz CT molecular complexity index is 119. The van der Waals surface area contributed by atoms with Crippen LogP contribution in [0, 0.1) is 0 Å². The molecule has 54 valence electrons. The molecule has 0 radical (unpaired) electrons. The SMILES string of the molecule is C=CCC.c1cc[nH+]cc1. The highest BCUT2D eigenvalue weighted by Gasteiger charge is 1.65. The van der Waals surface area contributed by atoms with Crippen molar-refractivity contribution < 1.29 is 4.98 Å². The lowest BCUT2D eigenvalue weighted by Gasteiger charge is -1.63. The van der Waals surface area contributed by atoms with Gasteiger partial charge in [0.1, 0.15) is 0 Å². The van der Waals surface area contributed by atoms with E-state index in [1.807, 2.05) is 36.7 Å². The molecule has 0 saturated heterocycles. The van der Waals surface area contributed by atoms with Gasteiger partial charge in [-0.25, -0.2) is 4.98 Å². The maximum atomic E-state index is 3.48. The summed E-state index contributed by atoms with van der Waals surface area (Å²) < 4.78 is 0. The van der Waals surface area contributed by atoms with Crippen LogP contribution in [0.2, 0.25) is 0 Å². The van der Waals surface area contributed by atoms with Gasteiger partial charge in [0.15, 0.2) is 12.4 Å². The van der Waals surface area contributed by atoms with Crippen molar-refractivity contribution >= 4 is 0 Å². The predicted molar refractivity (Wildman–Crippen MR) is 43.5 cm³/mol. The molecule has 0 spiro atoms. The molecule has 0 unspecified atom stereocenters. The van der Waals surface area contributed by atoms with Crippen LogP contribution in [-0.2, 0) is 0 Å². The molecule has 1 aromatic heterocycles. The standard InChI is InChI=1S/C5H5N.C4H8/c1-2-4-6-5-3-1;1-3-4-2/h1-5H;3H,1,4H2,2H3/p+1. The van der Waals surface area contributed by atoms with E-state index in [1.165, 1.54) is 0 Å². The van der Waals surface area contributed by atoms with Crippen LogP contribution in [0.4, 0.5) is 0 Å². The fourth-order valence-corrected chi connectivity index (χ4v) is 0.342. The van der Waals surface area contributed by atoms with Crippen LogP contribution in [0.3, 0.4) is 0 Å². The lowest BCUT2D eigenvalue weighted by Crippen LogP contribution is -1.93. The summed E-state index contributed by atoms with van der Waals surface area (Å²) in [5.41, 5.74) is 0. The van der Waals surface area contributed by atoms with E-state index in [0.717, 1.165) is 6.42 Å². The summed E-state index contributed by atoms with van der Waals surface area (Å²) in [6, 6.07) is 5.86. The average Bonchev–Trinajstić information content (AvgIpc) is 2.08. The second kappa shape index (κ2) is 7.89. The maximum absolute atomic E-state index is 3.48. The lowest BCUT2D eigenvalue weighted by molar-refractivity contribution is -0.377. The summed E-state index contributed by atoms with van der Waals surface area (Å²) >= 11 is 0. The zero-order chi connectivity index (χ0) is 7.66. The minimum absolute atomic E-state index is 1.08. The summed E-state index contributed by atoms with van der Waals surface area (Å²) in [4.78, 5) is 2.89. The van der Waals surface area contributed by atoms with Crippen LogP contribution in [0.5, 0.6) is 0 Å². The van der Waals surface area contributed by atoms with Gasteiger partial charge >= 0.3 is 0 Å². The van der Waals surface area contributed by atoms with Crippen LogP contribution in [0.15, 0.2) is 43.2 Å². The minimum Gasteiger partial charge on any atom is -0.218 e. The molecular weight excluding hydrogens is 122 g/mol. The van der Waals surface area contributed by atoms with E-state index >= 15 is 0 Å². The third-order valence-corrected chi connectivity index (χ3v) is 0.896. The number of allylic oxidation sites excluding steroid dienone is 1. The summed E-state index contributed by atoms with van der Waals surface area (Å²) in [7, 11) is 0. The first-order valence-corrected chi connectivity index (χ1v) is 3.43. The van der Waals surface area contributed by atoms with Gasteiger partial charge in [0.25, 0.3) is 0 Å². The number of pyridine rings is 1. The molecule has 1 nitrogen and oxygen atoms in total. The van der Waals surface area contributed by atoms with E-state index < -0.39 is 0 Å². The molecule has 0 saturated carbocycles. The monoisotopic (exact) mass is 136 g/mol. The first-order chi connectivity index (χ1) is 4.91. The smallest absolute Gasteiger partial charge is 0.166 e. The van der Waals surface area contributed by atoms with E-state index in [9.17, 15) is 0 Å². The minimum atomic E-state index is 1.08. The van der Waals surface area contributed by atoms with E-state index in [0.29, 0.717) is 0 Å². The van der Waals surface area contributed by atoms with Crippen molar-refractivity contribution in [3.8, 4) is 0 Å². The number of hydrogen-bond acceptors (Lipinski definition) is 0. The zero-order valence-corrected chi connectivity index (χ0v) is 6.38. The van der Waals surface area contributed by atoms with E-state index in [1.54, 1.807) is 0 Å². The number of hydrogen-bond donors (Lipinski definition) is 0. The highest BCUT2D eigenvalue weighted by atomic mass is 14.6. The molecule has 0 aromatic carbocycles. The molecule has 0 atom stereocenters. The average molecular weight is 136 g/mol. The number of aromatic amines is 1. The molecule has 0 fully saturated rings. The quantitative estimate of drug-likeness (QED) is 0.525. The molecule has 1 aromatic rings. The summed E-state index contributed by atoms with van der Waals surface area (Å²) in [5.74, 6) is 0. The zero-order valence-electron chi connectivity index (χ0n) is 6.38. The molecule has 0 bridgehead atoms. The molecule has 1 heteroatoms. The molecule has 1 rings (SSSR count). The Balaban J connectivity index is 0.000000180. The number of rotatable bonds is 1. The van der Waals surface area contributed by atoms with E-state index in [-0.39, 0.29) is 0 Å². The molecule has 1 N–H and O–H groups in total. The van der Waals surface area contributed by atoms with E-state index in [4.69, 9.17) is 0 Å². The van der Waals surface area contributed by atoms with Crippen LogP contribution < -0.4 is 4.98 Å². The molecule has 0 aliphatic heterocycles. The van der Waals surface area contributed by atoms with Crippen molar-refractivity contribution in [2.45, 2.75) is 13.3 Å². The molecule has 0 aliphatic carbocycles. The Labute approximate surface area is 62.4 Å². The highest BCUT2D eigenvalue weighted by Crippen LogP contribution is 1.68. The Hall–Kier alpha value is -1.11. The predicted octanol–water partition coefficient (Wildman–Crippen LogP) is 2.08. The van der Waals surface area contributed by atoms with Gasteiger partial charge in [0.05, 0.1) is 0 Å². The first kappa shape index (κ1) is 8.89. The molecule has 10 heavy (non-hydrogen) atoms. The Morgan fingerprint density at radius 1 is 1.30 bits per heavy atom. The van der Waals surface area contributed by atoms with Gasteiger partial charge in [-0.05, 0) is 6.42 Å². The maximum Gasteiger partial charge on any atom is 0.166 e. The van der Waals surface area contributed by atoms with Crippen molar-refractivity contribution in [1.29, 1.82) is 0 Å². The second-order valence-corrected chi connectivity index (χ2v) is 1.77. The summed E-state index contributed by atoms with van der Waals surface area (Å²) in [6.07, 6.45) is 6.71. The van der Waals surface area contributed by atoms with Crippen molar-refractivity contribution in [2.75, 3.05) is 0 Å². The van der Waals surface area contributed by atoms with Crippen LogP contribution in [0.1, 0.15) is 13.3 Å². The van der Waals surface area contributed by atoms with Gasteiger partial charge in [0, 0.05) is 12.1 Å². The molecular formula is C9H14N+. The normalized spacial score (nSPS) is 7.30. The Morgan fingerprint density at radius 3 is 1.90 bits per heavy atom. The van der Waals surface area contributed by atoms with E-state index in [2.05, 4.69) is 18.5 Å². The number of nitrogens with one attached hydrogen (secondary N) is 1. The van der Waals surface area contributed by atoms with Gasteiger partial charge < -0.3 is 0 Å². The fraction of sp³-hybridized carbons (Fsp3) is 0.222.